The molecule has 0 spiro atoms. The molecule has 0 fully saturated rings. The highest BCUT2D eigenvalue weighted by molar-refractivity contribution is 7.92. The number of nitrogens with zero attached hydrogens (tertiary/aromatic N) is 2. The van der Waals surface area contributed by atoms with Gasteiger partial charge in [-0.2, -0.15) is 0 Å². The second-order valence-corrected chi connectivity index (χ2v) is 7.60. The number of nitrogens with one attached hydrogen (secondary N) is 2. The third-order valence-electron chi connectivity index (χ3n) is 4.08. The van der Waals surface area contributed by atoms with Crippen LogP contribution in [0.2, 0.25) is 0 Å². The van der Waals surface area contributed by atoms with Crippen LogP contribution >= 0.6 is 0 Å². The lowest BCUT2D eigenvalue weighted by atomic mass is 10.2. The molecule has 2 N–H and O–H groups in total. The van der Waals surface area contributed by atoms with Crippen LogP contribution in [-0.4, -0.2) is 32.4 Å². The summed E-state index contributed by atoms with van der Waals surface area (Å²) in [6.45, 7) is 6.26. The monoisotopic (exact) mass is 372 g/mol. The number of amides is 1. The zero-order valence-electron chi connectivity index (χ0n) is 14.4. The van der Waals surface area contributed by atoms with Gasteiger partial charge in [-0.05, 0) is 42.3 Å². The van der Waals surface area contributed by atoms with Crippen LogP contribution in [0.15, 0.2) is 54.1 Å². The number of pyridine rings is 1. The summed E-state index contributed by atoms with van der Waals surface area (Å²) in [5.41, 5.74) is 2.00. The quantitative estimate of drug-likeness (QED) is 0.760. The fourth-order valence-electron chi connectivity index (χ4n) is 2.82. The molecule has 2 aromatic rings. The summed E-state index contributed by atoms with van der Waals surface area (Å²) in [6, 6.07) is 8.14. The average molecular weight is 372 g/mol. The molecule has 1 amide bonds. The van der Waals surface area contributed by atoms with Gasteiger partial charge in [-0.15, -0.1) is 6.58 Å². The number of hydrogen-bond acceptors (Lipinski definition) is 5. The number of aromatic nitrogens is 1. The van der Waals surface area contributed by atoms with Gasteiger partial charge in [0.05, 0.1) is 16.8 Å². The van der Waals surface area contributed by atoms with E-state index in [1.807, 2.05) is 0 Å². The Hall–Kier alpha value is -2.87. The molecular weight excluding hydrogens is 352 g/mol. The summed E-state index contributed by atoms with van der Waals surface area (Å²) >= 11 is 0. The van der Waals surface area contributed by atoms with Crippen molar-refractivity contribution < 1.29 is 13.2 Å². The highest BCUT2D eigenvalue weighted by Crippen LogP contribution is 2.30. The number of anilines is 3. The number of sulfonamides is 1. The van der Waals surface area contributed by atoms with Gasteiger partial charge in [-0.1, -0.05) is 6.08 Å². The maximum Gasteiger partial charge on any atom is 0.261 e. The number of hydrogen-bond donors (Lipinski definition) is 2. The van der Waals surface area contributed by atoms with Gasteiger partial charge in [0.15, 0.2) is 0 Å². The van der Waals surface area contributed by atoms with Crippen LogP contribution in [0.1, 0.15) is 12.5 Å². The first-order valence-corrected chi connectivity index (χ1v) is 9.64. The third kappa shape index (κ3) is 3.70. The minimum absolute atomic E-state index is 0.0475. The van der Waals surface area contributed by atoms with Crippen molar-refractivity contribution in [2.24, 2.45) is 0 Å². The predicted octanol–water partition coefficient (Wildman–Crippen LogP) is 2.39. The fourth-order valence-corrected chi connectivity index (χ4v) is 3.92. The van der Waals surface area contributed by atoms with Crippen LogP contribution in [0, 0.1) is 0 Å². The summed E-state index contributed by atoms with van der Waals surface area (Å²) in [5.74, 6) is 0.586. The fraction of sp³-hybridized carbons (Fsp3) is 0.222. The van der Waals surface area contributed by atoms with E-state index in [1.54, 1.807) is 35.2 Å². The lowest BCUT2D eigenvalue weighted by Crippen LogP contribution is -2.25. The molecule has 1 aliphatic rings. The zero-order chi connectivity index (χ0) is 18.7. The van der Waals surface area contributed by atoms with Crippen LogP contribution < -0.4 is 14.9 Å². The van der Waals surface area contributed by atoms with Gasteiger partial charge in [0.2, 0.25) is 5.91 Å². The summed E-state index contributed by atoms with van der Waals surface area (Å²) < 4.78 is 27.8. The summed E-state index contributed by atoms with van der Waals surface area (Å²) in [4.78, 5) is 17.6. The van der Waals surface area contributed by atoms with Gasteiger partial charge in [0, 0.05) is 25.7 Å². The molecule has 0 unspecified atom stereocenters. The summed E-state index contributed by atoms with van der Waals surface area (Å²) in [5, 5.41) is 3.02. The van der Waals surface area contributed by atoms with Gasteiger partial charge in [0.25, 0.3) is 10.0 Å². The molecule has 136 valence electrons. The topological polar surface area (TPSA) is 91.4 Å². The summed E-state index contributed by atoms with van der Waals surface area (Å²) in [7, 11) is -3.73. The smallest absolute Gasteiger partial charge is 0.261 e. The molecule has 0 atom stereocenters. The molecule has 1 aromatic heterocycles. The van der Waals surface area contributed by atoms with Gasteiger partial charge in [0.1, 0.15) is 5.82 Å². The molecule has 0 saturated carbocycles. The van der Waals surface area contributed by atoms with Gasteiger partial charge >= 0.3 is 0 Å². The summed E-state index contributed by atoms with van der Waals surface area (Å²) in [6.07, 6.45) is 3.80. The van der Waals surface area contributed by atoms with E-state index in [4.69, 9.17) is 0 Å². The lowest BCUT2D eigenvalue weighted by molar-refractivity contribution is -0.116. The van der Waals surface area contributed by atoms with Crippen molar-refractivity contribution >= 4 is 33.1 Å². The molecule has 1 aromatic carbocycles. The van der Waals surface area contributed by atoms with Crippen molar-refractivity contribution in [3.8, 4) is 0 Å². The van der Waals surface area contributed by atoms with E-state index in [1.165, 1.54) is 19.2 Å². The number of carbonyl (C=O) groups excluding carboxylic acids is 1. The maximum atomic E-state index is 12.6. The molecule has 2 heterocycles. The van der Waals surface area contributed by atoms with Crippen LogP contribution in [-0.2, 0) is 21.2 Å². The number of rotatable bonds is 6. The van der Waals surface area contributed by atoms with E-state index in [2.05, 4.69) is 21.6 Å². The van der Waals surface area contributed by atoms with E-state index in [9.17, 15) is 13.2 Å². The highest BCUT2D eigenvalue weighted by Gasteiger charge is 2.24. The number of benzene rings is 1. The standard InChI is InChI=1S/C18H20N4O3S/c1-3-9-19-18-7-4-15(12-20-18)21-26(24,25)16-5-6-17-14(11-16)8-10-22(17)13(2)23/h3-7,11-12,21H,1,8-10H2,2H3,(H,19,20). The molecule has 0 bridgehead atoms. The maximum absolute atomic E-state index is 12.6. The van der Waals surface area contributed by atoms with Crippen molar-refractivity contribution in [3.05, 3.63) is 54.7 Å². The molecule has 0 radical (unpaired) electrons. The van der Waals surface area contributed by atoms with Gasteiger partial charge < -0.3 is 10.2 Å². The van der Waals surface area contributed by atoms with Crippen molar-refractivity contribution in [2.45, 2.75) is 18.2 Å². The first-order chi connectivity index (χ1) is 12.4. The molecule has 26 heavy (non-hydrogen) atoms. The van der Waals surface area contributed by atoms with Crippen LogP contribution in [0.3, 0.4) is 0 Å². The normalized spacial score (nSPS) is 13.2. The van der Waals surface area contributed by atoms with Crippen LogP contribution in [0.4, 0.5) is 17.2 Å². The highest BCUT2D eigenvalue weighted by atomic mass is 32.2. The van der Waals surface area contributed by atoms with Gasteiger partial charge in [-0.25, -0.2) is 13.4 Å². The molecule has 7 nitrogen and oxygen atoms in total. The Bertz CT molecular complexity index is 939. The largest absolute Gasteiger partial charge is 0.367 e. The van der Waals surface area contributed by atoms with E-state index in [0.29, 0.717) is 31.0 Å². The minimum Gasteiger partial charge on any atom is -0.367 e. The first-order valence-electron chi connectivity index (χ1n) is 8.15. The van der Waals surface area contributed by atoms with E-state index < -0.39 is 10.0 Å². The lowest BCUT2D eigenvalue weighted by Gasteiger charge is -2.15. The van der Waals surface area contributed by atoms with Crippen molar-refractivity contribution in [1.82, 2.24) is 4.98 Å². The average Bonchev–Trinajstić information content (AvgIpc) is 3.04. The SMILES string of the molecule is C=CCNc1ccc(NS(=O)(=O)c2ccc3c(c2)CCN3C(C)=O)cn1. The predicted molar refractivity (Wildman–Crippen MR) is 102 cm³/mol. The van der Waals surface area contributed by atoms with Crippen molar-refractivity contribution in [1.29, 1.82) is 0 Å². The molecule has 1 aliphatic heterocycles. The second-order valence-electron chi connectivity index (χ2n) is 5.92. The van der Waals surface area contributed by atoms with Crippen molar-refractivity contribution in [3.63, 3.8) is 0 Å². The Morgan fingerprint density at radius 3 is 2.81 bits per heavy atom. The van der Waals surface area contributed by atoms with Gasteiger partial charge in [-0.3, -0.25) is 9.52 Å². The Morgan fingerprint density at radius 2 is 2.15 bits per heavy atom. The van der Waals surface area contributed by atoms with E-state index >= 15 is 0 Å². The Morgan fingerprint density at radius 1 is 1.35 bits per heavy atom. The minimum atomic E-state index is -3.73. The second kappa shape index (κ2) is 7.17. The molecule has 0 aliphatic carbocycles. The molecule has 0 saturated heterocycles. The third-order valence-corrected chi connectivity index (χ3v) is 5.46. The van der Waals surface area contributed by atoms with E-state index in [-0.39, 0.29) is 10.8 Å². The Balaban J connectivity index is 1.78. The van der Waals surface area contributed by atoms with Crippen LogP contribution in [0.5, 0.6) is 0 Å². The van der Waals surface area contributed by atoms with E-state index in [0.717, 1.165) is 11.3 Å². The zero-order valence-corrected chi connectivity index (χ0v) is 15.2. The molecule has 3 rings (SSSR count). The van der Waals surface area contributed by atoms with Crippen LogP contribution in [0.25, 0.3) is 0 Å². The number of carbonyl (C=O) groups is 1. The number of fused-ring (bicyclic) bond motifs is 1. The van der Waals surface area contributed by atoms with Crippen molar-refractivity contribution in [2.75, 3.05) is 28.0 Å². The molecular formula is C18H20N4O3S. The Labute approximate surface area is 152 Å². The Kier molecular flexibility index (Phi) is 4.94. The first kappa shape index (κ1) is 17.9. The molecule has 8 heteroatoms.